The highest BCUT2D eigenvalue weighted by atomic mass is 32.2. The molecule has 3 rings (SSSR count). The normalized spacial score (nSPS) is 10.9. The molecular weight excluding hydrogens is 490 g/mol. The first-order valence-corrected chi connectivity index (χ1v) is 13.0. The minimum absolute atomic E-state index is 0.102. The summed E-state index contributed by atoms with van der Waals surface area (Å²) in [5, 5.41) is 14.9. The lowest BCUT2D eigenvalue weighted by molar-refractivity contribution is -0.116. The number of thioether (sulfide) groups is 1. The number of anilines is 1. The summed E-state index contributed by atoms with van der Waals surface area (Å²) in [6.45, 7) is 6.85. The molecule has 0 aliphatic heterocycles. The maximum Gasteiger partial charge on any atom is 0.244 e. The molecule has 37 heavy (non-hydrogen) atoms. The first kappa shape index (κ1) is 27.8. The first-order chi connectivity index (χ1) is 17.9. The highest BCUT2D eigenvalue weighted by Crippen LogP contribution is 2.28. The van der Waals surface area contributed by atoms with Gasteiger partial charge in [0, 0.05) is 18.3 Å². The third kappa shape index (κ3) is 7.36. The molecule has 3 aromatic rings. The number of carbonyl (C=O) groups excluding carboxylic acids is 2. The molecule has 2 N–H and O–H groups in total. The molecule has 0 bridgehead atoms. The van der Waals surface area contributed by atoms with E-state index in [1.807, 2.05) is 42.7 Å². The summed E-state index contributed by atoms with van der Waals surface area (Å²) in [7, 11) is 3.13. The average Bonchev–Trinajstić information content (AvgIpc) is 3.32. The van der Waals surface area contributed by atoms with E-state index in [0.717, 1.165) is 28.8 Å². The topological polar surface area (TPSA) is 107 Å². The Hall–Kier alpha value is -3.79. The number of para-hydroxylation sites is 1. The van der Waals surface area contributed by atoms with E-state index < -0.39 is 0 Å². The van der Waals surface area contributed by atoms with Crippen LogP contribution in [0.4, 0.5) is 5.69 Å². The SMILES string of the molecule is CCc1cccc(C)c1NC(=O)CSc1nnc(CNC(=O)/C=C/c2ccc(OC)c(OC)c2)n1CC. The van der Waals surface area contributed by atoms with Gasteiger partial charge in [-0.05, 0) is 55.2 Å². The number of aryl methyl sites for hydroxylation is 2. The summed E-state index contributed by atoms with van der Waals surface area (Å²) >= 11 is 1.32. The van der Waals surface area contributed by atoms with Crippen LogP contribution in [0.1, 0.15) is 36.4 Å². The number of hydrogen-bond acceptors (Lipinski definition) is 7. The van der Waals surface area contributed by atoms with Crippen molar-refractivity contribution >= 4 is 35.3 Å². The Balaban J connectivity index is 1.56. The van der Waals surface area contributed by atoms with Crippen LogP contribution in [0.5, 0.6) is 11.5 Å². The highest BCUT2D eigenvalue weighted by Gasteiger charge is 2.15. The third-order valence-electron chi connectivity index (χ3n) is 5.70. The zero-order chi connectivity index (χ0) is 26.8. The van der Waals surface area contributed by atoms with Crippen LogP contribution in [0.15, 0.2) is 47.6 Å². The fourth-order valence-corrected chi connectivity index (χ4v) is 4.56. The van der Waals surface area contributed by atoms with Crippen molar-refractivity contribution in [2.24, 2.45) is 0 Å². The van der Waals surface area contributed by atoms with Crippen LogP contribution < -0.4 is 20.1 Å². The van der Waals surface area contributed by atoms with Crippen molar-refractivity contribution in [1.29, 1.82) is 0 Å². The van der Waals surface area contributed by atoms with E-state index in [0.29, 0.717) is 29.0 Å². The van der Waals surface area contributed by atoms with Gasteiger partial charge in [0.05, 0.1) is 26.5 Å². The van der Waals surface area contributed by atoms with Gasteiger partial charge in [0.25, 0.3) is 0 Å². The van der Waals surface area contributed by atoms with Gasteiger partial charge in [0.1, 0.15) is 0 Å². The molecule has 0 fully saturated rings. The van der Waals surface area contributed by atoms with Gasteiger partial charge in [-0.15, -0.1) is 10.2 Å². The molecule has 1 heterocycles. The van der Waals surface area contributed by atoms with E-state index in [4.69, 9.17) is 9.47 Å². The van der Waals surface area contributed by atoms with Crippen molar-refractivity contribution in [2.45, 2.75) is 45.4 Å². The number of nitrogens with zero attached hydrogens (tertiary/aromatic N) is 3. The zero-order valence-corrected chi connectivity index (χ0v) is 22.6. The lowest BCUT2D eigenvalue weighted by Gasteiger charge is -2.13. The van der Waals surface area contributed by atoms with E-state index in [1.54, 1.807) is 32.4 Å². The Bertz CT molecular complexity index is 1270. The third-order valence-corrected chi connectivity index (χ3v) is 6.67. The molecule has 0 atom stereocenters. The Morgan fingerprint density at radius 1 is 1.08 bits per heavy atom. The van der Waals surface area contributed by atoms with Crippen LogP contribution in [0.25, 0.3) is 6.08 Å². The molecule has 0 unspecified atom stereocenters. The van der Waals surface area contributed by atoms with E-state index in [1.165, 1.54) is 17.8 Å². The van der Waals surface area contributed by atoms with Crippen molar-refractivity contribution in [2.75, 3.05) is 25.3 Å². The standard InChI is InChI=1S/C27H33N5O4S/c1-6-20-10-8-9-18(3)26(20)29-25(34)17-37-27-31-30-23(32(27)7-2)16-28-24(33)14-12-19-11-13-21(35-4)22(15-19)36-5/h8-15H,6-7,16-17H2,1-5H3,(H,28,33)(H,29,34)/b14-12+. The van der Waals surface area contributed by atoms with Gasteiger partial charge in [-0.3, -0.25) is 9.59 Å². The van der Waals surface area contributed by atoms with Gasteiger partial charge in [-0.25, -0.2) is 0 Å². The first-order valence-electron chi connectivity index (χ1n) is 12.0. The summed E-state index contributed by atoms with van der Waals surface area (Å²) < 4.78 is 12.4. The minimum Gasteiger partial charge on any atom is -0.493 e. The quantitative estimate of drug-likeness (QED) is 0.270. The average molecular weight is 524 g/mol. The molecule has 196 valence electrons. The van der Waals surface area contributed by atoms with Crippen molar-refractivity contribution in [3.63, 3.8) is 0 Å². The molecule has 0 aliphatic carbocycles. The van der Waals surface area contributed by atoms with Crippen molar-refractivity contribution in [3.8, 4) is 11.5 Å². The summed E-state index contributed by atoms with van der Waals surface area (Å²) in [6, 6.07) is 11.4. The molecule has 1 aromatic heterocycles. The number of ether oxygens (including phenoxy) is 2. The van der Waals surface area contributed by atoms with E-state index in [-0.39, 0.29) is 24.1 Å². The largest absolute Gasteiger partial charge is 0.493 e. The van der Waals surface area contributed by atoms with Gasteiger partial charge in [-0.1, -0.05) is 43.0 Å². The maximum atomic E-state index is 12.6. The predicted octanol–water partition coefficient (Wildman–Crippen LogP) is 4.25. The molecule has 0 radical (unpaired) electrons. The second-order valence-electron chi connectivity index (χ2n) is 8.11. The summed E-state index contributed by atoms with van der Waals surface area (Å²) in [5.74, 6) is 1.66. The van der Waals surface area contributed by atoms with Crippen LogP contribution in [-0.2, 0) is 29.1 Å². The van der Waals surface area contributed by atoms with Gasteiger partial charge >= 0.3 is 0 Å². The van der Waals surface area contributed by atoms with Crippen LogP contribution in [0, 0.1) is 6.92 Å². The van der Waals surface area contributed by atoms with Gasteiger partial charge in [0.15, 0.2) is 22.5 Å². The molecule has 0 aliphatic rings. The highest BCUT2D eigenvalue weighted by molar-refractivity contribution is 7.99. The lowest BCUT2D eigenvalue weighted by Crippen LogP contribution is -2.22. The maximum absolute atomic E-state index is 12.6. The molecule has 2 amide bonds. The number of methoxy groups -OCH3 is 2. The lowest BCUT2D eigenvalue weighted by atomic mass is 10.1. The fraction of sp³-hybridized carbons (Fsp3) is 0.333. The molecule has 2 aromatic carbocycles. The van der Waals surface area contributed by atoms with Crippen molar-refractivity contribution in [3.05, 3.63) is 65.0 Å². The second kappa shape index (κ2) is 13.5. The van der Waals surface area contributed by atoms with E-state index in [9.17, 15) is 9.59 Å². The number of aromatic nitrogens is 3. The van der Waals surface area contributed by atoms with Crippen LogP contribution in [-0.4, -0.2) is 46.6 Å². The fourth-order valence-electron chi connectivity index (χ4n) is 3.74. The minimum atomic E-state index is -0.265. The monoisotopic (exact) mass is 523 g/mol. The molecule has 0 saturated heterocycles. The zero-order valence-electron chi connectivity index (χ0n) is 21.8. The second-order valence-corrected chi connectivity index (χ2v) is 9.05. The summed E-state index contributed by atoms with van der Waals surface area (Å²) in [5.41, 5.74) is 3.82. The molecule has 0 saturated carbocycles. The van der Waals surface area contributed by atoms with Gasteiger partial charge in [0.2, 0.25) is 11.8 Å². The number of nitrogens with one attached hydrogen (secondary N) is 2. The molecule has 0 spiro atoms. The summed E-state index contributed by atoms with van der Waals surface area (Å²) in [6.07, 6.45) is 3.98. The van der Waals surface area contributed by atoms with E-state index in [2.05, 4.69) is 27.8 Å². The number of hydrogen-bond donors (Lipinski definition) is 2. The number of rotatable bonds is 12. The van der Waals surface area contributed by atoms with E-state index >= 15 is 0 Å². The van der Waals surface area contributed by atoms with Gasteiger partial charge in [-0.2, -0.15) is 0 Å². The number of carbonyl (C=O) groups is 2. The number of amides is 2. The molecule has 9 nitrogen and oxygen atoms in total. The Morgan fingerprint density at radius 3 is 2.57 bits per heavy atom. The Morgan fingerprint density at radius 2 is 1.86 bits per heavy atom. The van der Waals surface area contributed by atoms with Crippen LogP contribution in [0.3, 0.4) is 0 Å². The van der Waals surface area contributed by atoms with Crippen LogP contribution >= 0.6 is 11.8 Å². The van der Waals surface area contributed by atoms with Crippen molar-refractivity contribution < 1.29 is 19.1 Å². The van der Waals surface area contributed by atoms with Gasteiger partial charge < -0.3 is 24.7 Å². The molecular formula is C27H33N5O4S. The van der Waals surface area contributed by atoms with Crippen LogP contribution in [0.2, 0.25) is 0 Å². The smallest absolute Gasteiger partial charge is 0.244 e. The summed E-state index contributed by atoms with van der Waals surface area (Å²) in [4.78, 5) is 25.0. The number of benzene rings is 2. The Labute approximate surface area is 221 Å². The van der Waals surface area contributed by atoms with Crippen molar-refractivity contribution in [1.82, 2.24) is 20.1 Å². The molecule has 10 heteroatoms. The Kier molecular flexibility index (Phi) is 10.1. The predicted molar refractivity (Wildman–Crippen MR) is 146 cm³/mol.